The predicted octanol–water partition coefficient (Wildman–Crippen LogP) is 6.13. The van der Waals surface area contributed by atoms with Crippen molar-refractivity contribution in [1.82, 2.24) is 0 Å². The molecular formula is C16H24F4. The SMILES string of the molecule is CC.CC1CCCC(F)(F)C1.Cc1ccc(F)cc1F. The lowest BCUT2D eigenvalue weighted by Gasteiger charge is -2.25. The molecule has 2 rings (SSSR count). The van der Waals surface area contributed by atoms with Crippen LogP contribution in [0.25, 0.3) is 0 Å². The molecule has 1 aliphatic rings. The zero-order valence-electron chi connectivity index (χ0n) is 12.6. The molecule has 0 bridgehead atoms. The number of aryl methyl sites for hydroxylation is 1. The maximum atomic E-state index is 12.5. The number of rotatable bonds is 0. The van der Waals surface area contributed by atoms with Gasteiger partial charge in [0.1, 0.15) is 11.6 Å². The zero-order valence-corrected chi connectivity index (χ0v) is 12.6. The van der Waals surface area contributed by atoms with Gasteiger partial charge in [0, 0.05) is 18.9 Å². The topological polar surface area (TPSA) is 0 Å². The molecule has 1 aliphatic carbocycles. The highest BCUT2D eigenvalue weighted by molar-refractivity contribution is 5.16. The normalized spacial score (nSPS) is 20.1. The number of benzene rings is 1. The fourth-order valence-corrected chi connectivity index (χ4v) is 1.99. The summed E-state index contributed by atoms with van der Waals surface area (Å²) in [5.74, 6) is -3.14. The predicted molar refractivity (Wildman–Crippen MR) is 75.0 cm³/mol. The molecule has 0 aromatic heterocycles. The van der Waals surface area contributed by atoms with Gasteiger partial charge in [-0.15, -0.1) is 0 Å². The van der Waals surface area contributed by atoms with Crippen LogP contribution in [0.5, 0.6) is 0 Å². The van der Waals surface area contributed by atoms with E-state index in [0.717, 1.165) is 12.5 Å². The van der Waals surface area contributed by atoms with Crippen molar-refractivity contribution in [2.24, 2.45) is 5.92 Å². The molecule has 0 spiro atoms. The highest BCUT2D eigenvalue weighted by Gasteiger charge is 2.33. The van der Waals surface area contributed by atoms with Gasteiger partial charge in [0.25, 0.3) is 0 Å². The van der Waals surface area contributed by atoms with E-state index in [1.165, 1.54) is 12.1 Å². The molecule has 1 aromatic rings. The molecule has 4 heteroatoms. The molecule has 0 heterocycles. The highest BCUT2D eigenvalue weighted by atomic mass is 19.3. The van der Waals surface area contributed by atoms with E-state index in [0.29, 0.717) is 12.0 Å². The Balaban J connectivity index is 0.000000321. The van der Waals surface area contributed by atoms with Gasteiger partial charge in [-0.3, -0.25) is 0 Å². The first kappa shape index (κ1) is 18.9. The second-order valence-corrected chi connectivity index (χ2v) is 4.95. The van der Waals surface area contributed by atoms with Gasteiger partial charge in [0.2, 0.25) is 5.92 Å². The van der Waals surface area contributed by atoms with Gasteiger partial charge in [-0.1, -0.05) is 33.3 Å². The molecular weight excluding hydrogens is 268 g/mol. The fourth-order valence-electron chi connectivity index (χ4n) is 1.99. The van der Waals surface area contributed by atoms with Gasteiger partial charge >= 0.3 is 0 Å². The summed E-state index contributed by atoms with van der Waals surface area (Å²) in [4.78, 5) is 0. The van der Waals surface area contributed by atoms with Crippen LogP contribution < -0.4 is 0 Å². The van der Waals surface area contributed by atoms with Crippen molar-refractivity contribution in [3.05, 3.63) is 35.4 Å². The maximum absolute atomic E-state index is 12.5. The van der Waals surface area contributed by atoms with E-state index in [2.05, 4.69) is 0 Å². The van der Waals surface area contributed by atoms with Crippen LogP contribution in [0.15, 0.2) is 18.2 Å². The van der Waals surface area contributed by atoms with Crippen LogP contribution in [0.3, 0.4) is 0 Å². The van der Waals surface area contributed by atoms with Crippen molar-refractivity contribution in [1.29, 1.82) is 0 Å². The first-order valence-electron chi connectivity index (χ1n) is 7.09. The Labute approximate surface area is 119 Å². The standard InChI is InChI=1S/C7H6F2.C7H12F2.C2H6/c1-5-2-3-6(8)4-7(5)9;1-6-3-2-4-7(8,9)5-6;1-2/h2-4H,1H3;6H,2-5H2,1H3;1-2H3. The molecule has 20 heavy (non-hydrogen) atoms. The van der Waals surface area contributed by atoms with Gasteiger partial charge in [0.15, 0.2) is 0 Å². The van der Waals surface area contributed by atoms with Gasteiger partial charge in [-0.25, -0.2) is 17.6 Å². The molecule has 1 aromatic carbocycles. The van der Waals surface area contributed by atoms with E-state index in [1.807, 2.05) is 20.8 Å². The summed E-state index contributed by atoms with van der Waals surface area (Å²) in [6.07, 6.45) is 1.90. The Hall–Kier alpha value is -1.06. The van der Waals surface area contributed by atoms with Crippen molar-refractivity contribution in [3.8, 4) is 0 Å². The number of hydrogen-bond donors (Lipinski definition) is 0. The Kier molecular flexibility index (Phi) is 8.51. The summed E-state index contributed by atoms with van der Waals surface area (Å²) in [6.45, 7) is 7.49. The van der Waals surface area contributed by atoms with Crippen LogP contribution in [0.1, 0.15) is 52.0 Å². The molecule has 0 N–H and O–H groups in total. The third-order valence-electron chi connectivity index (χ3n) is 3.02. The van der Waals surface area contributed by atoms with Gasteiger partial charge in [0.05, 0.1) is 0 Å². The van der Waals surface area contributed by atoms with Crippen LogP contribution in [-0.4, -0.2) is 5.92 Å². The smallest absolute Gasteiger partial charge is 0.207 e. The van der Waals surface area contributed by atoms with Crippen LogP contribution in [0, 0.1) is 24.5 Å². The van der Waals surface area contributed by atoms with Crippen molar-refractivity contribution < 1.29 is 17.6 Å². The lowest BCUT2D eigenvalue weighted by atomic mass is 9.88. The van der Waals surface area contributed by atoms with Crippen molar-refractivity contribution in [2.75, 3.05) is 0 Å². The van der Waals surface area contributed by atoms with Crippen LogP contribution >= 0.6 is 0 Å². The first-order valence-corrected chi connectivity index (χ1v) is 7.09. The van der Waals surface area contributed by atoms with Crippen molar-refractivity contribution in [3.63, 3.8) is 0 Å². The molecule has 1 fully saturated rings. The summed E-state index contributed by atoms with van der Waals surface area (Å²) in [7, 11) is 0. The van der Waals surface area contributed by atoms with Gasteiger partial charge in [-0.2, -0.15) is 0 Å². The number of halogens is 4. The minimum atomic E-state index is -2.35. The molecule has 0 radical (unpaired) electrons. The summed E-state index contributed by atoms with van der Waals surface area (Å²) in [5, 5.41) is 0. The number of hydrogen-bond acceptors (Lipinski definition) is 0. The molecule has 0 amide bonds. The molecule has 1 unspecified atom stereocenters. The fraction of sp³-hybridized carbons (Fsp3) is 0.625. The first-order chi connectivity index (χ1) is 9.30. The average molecular weight is 292 g/mol. The Morgan fingerprint density at radius 1 is 1.15 bits per heavy atom. The molecule has 0 nitrogen and oxygen atoms in total. The monoisotopic (exact) mass is 292 g/mol. The van der Waals surface area contributed by atoms with Crippen LogP contribution in [0.4, 0.5) is 17.6 Å². The quantitative estimate of drug-likeness (QED) is 0.504. The third kappa shape index (κ3) is 7.51. The second-order valence-electron chi connectivity index (χ2n) is 4.95. The largest absolute Gasteiger partial charge is 0.248 e. The molecule has 1 atom stereocenters. The summed E-state index contributed by atoms with van der Waals surface area (Å²) < 4.78 is 49.4. The lowest BCUT2D eigenvalue weighted by Crippen LogP contribution is -2.24. The van der Waals surface area contributed by atoms with E-state index < -0.39 is 17.6 Å². The Morgan fingerprint density at radius 3 is 2.10 bits per heavy atom. The molecule has 1 saturated carbocycles. The third-order valence-corrected chi connectivity index (χ3v) is 3.02. The molecule has 116 valence electrons. The summed E-state index contributed by atoms with van der Waals surface area (Å²) >= 11 is 0. The Morgan fingerprint density at radius 2 is 1.75 bits per heavy atom. The second kappa shape index (κ2) is 8.98. The van der Waals surface area contributed by atoms with E-state index in [1.54, 1.807) is 6.92 Å². The van der Waals surface area contributed by atoms with Crippen molar-refractivity contribution in [2.45, 2.75) is 59.3 Å². The average Bonchev–Trinajstić information content (AvgIpc) is 2.36. The van der Waals surface area contributed by atoms with Crippen molar-refractivity contribution >= 4 is 0 Å². The van der Waals surface area contributed by atoms with E-state index in [4.69, 9.17) is 0 Å². The van der Waals surface area contributed by atoms with E-state index >= 15 is 0 Å². The molecule has 0 aliphatic heterocycles. The minimum Gasteiger partial charge on any atom is -0.207 e. The van der Waals surface area contributed by atoms with E-state index in [-0.39, 0.29) is 18.8 Å². The van der Waals surface area contributed by atoms with Gasteiger partial charge < -0.3 is 0 Å². The summed E-state index contributed by atoms with van der Waals surface area (Å²) in [6, 6.07) is 3.51. The lowest BCUT2D eigenvalue weighted by molar-refractivity contribution is -0.0494. The molecule has 0 saturated heterocycles. The Bertz CT molecular complexity index is 388. The van der Waals surface area contributed by atoms with Crippen LogP contribution in [-0.2, 0) is 0 Å². The number of alkyl halides is 2. The zero-order chi connectivity index (χ0) is 15.8. The maximum Gasteiger partial charge on any atom is 0.248 e. The summed E-state index contributed by atoms with van der Waals surface area (Å²) in [5.41, 5.74) is 0.469. The van der Waals surface area contributed by atoms with Gasteiger partial charge in [-0.05, 0) is 30.9 Å². The van der Waals surface area contributed by atoms with E-state index in [9.17, 15) is 17.6 Å². The highest BCUT2D eigenvalue weighted by Crippen LogP contribution is 2.35. The van der Waals surface area contributed by atoms with Crippen LogP contribution in [0.2, 0.25) is 0 Å². The minimum absolute atomic E-state index is 0.104.